The molecule has 120 valence electrons. The second-order valence-electron chi connectivity index (χ2n) is 5.04. The Kier molecular flexibility index (Phi) is 4.38. The average molecular weight is 321 g/mol. The Morgan fingerprint density at radius 2 is 1.67 bits per heavy atom. The summed E-state index contributed by atoms with van der Waals surface area (Å²) >= 11 is 0. The molecule has 1 aromatic heterocycles. The van der Waals surface area contributed by atoms with E-state index in [1.165, 1.54) is 7.11 Å². The first-order valence-corrected chi connectivity index (χ1v) is 7.27. The molecule has 0 atom stereocenters. The lowest BCUT2D eigenvalue weighted by Crippen LogP contribution is -2.12. The Morgan fingerprint density at radius 3 is 2.25 bits per heavy atom. The number of aromatic amines is 1. The van der Waals surface area contributed by atoms with Crippen LogP contribution in [0.25, 0.3) is 11.4 Å². The van der Waals surface area contributed by atoms with Gasteiger partial charge < -0.3 is 15.0 Å². The molecule has 0 unspecified atom stereocenters. The van der Waals surface area contributed by atoms with Gasteiger partial charge in [0.1, 0.15) is 5.82 Å². The van der Waals surface area contributed by atoms with Gasteiger partial charge in [-0.25, -0.2) is 9.78 Å². The number of hydrogen-bond donors (Lipinski definition) is 2. The number of carbonyl (C=O) groups excluding carboxylic acids is 2. The Morgan fingerprint density at radius 1 is 1.00 bits per heavy atom. The highest BCUT2D eigenvalue weighted by molar-refractivity contribution is 6.04. The smallest absolute Gasteiger partial charge is 0.337 e. The summed E-state index contributed by atoms with van der Waals surface area (Å²) in [5.41, 5.74) is 2.46. The fourth-order valence-corrected chi connectivity index (χ4v) is 2.21. The van der Waals surface area contributed by atoms with Crippen molar-refractivity contribution in [3.8, 4) is 11.4 Å². The number of hydrogen-bond acceptors (Lipinski definition) is 4. The second kappa shape index (κ2) is 6.78. The van der Waals surface area contributed by atoms with Crippen LogP contribution >= 0.6 is 0 Å². The molecule has 0 radical (unpaired) electrons. The van der Waals surface area contributed by atoms with E-state index >= 15 is 0 Å². The first kappa shape index (κ1) is 15.5. The molecule has 2 aromatic carbocycles. The molecule has 0 fully saturated rings. The third-order valence-electron chi connectivity index (χ3n) is 3.48. The highest BCUT2D eigenvalue weighted by atomic mass is 16.5. The summed E-state index contributed by atoms with van der Waals surface area (Å²) in [6.07, 6.45) is 3.44. The van der Waals surface area contributed by atoms with Crippen LogP contribution in [0.1, 0.15) is 20.7 Å². The fourth-order valence-electron chi connectivity index (χ4n) is 2.21. The van der Waals surface area contributed by atoms with E-state index in [9.17, 15) is 9.59 Å². The summed E-state index contributed by atoms with van der Waals surface area (Å²) in [6.45, 7) is 0. The van der Waals surface area contributed by atoms with Crippen LogP contribution in [0.4, 0.5) is 5.69 Å². The summed E-state index contributed by atoms with van der Waals surface area (Å²) in [4.78, 5) is 30.8. The monoisotopic (exact) mass is 321 g/mol. The van der Waals surface area contributed by atoms with Crippen molar-refractivity contribution in [3.63, 3.8) is 0 Å². The van der Waals surface area contributed by atoms with Crippen molar-refractivity contribution in [2.75, 3.05) is 12.4 Å². The lowest BCUT2D eigenvalue weighted by molar-refractivity contribution is 0.0600. The SMILES string of the molecule is COC(=O)c1ccc(C(=O)Nc2ccc(-c3ncc[nH]3)cc2)cc1. The molecule has 24 heavy (non-hydrogen) atoms. The summed E-state index contributed by atoms with van der Waals surface area (Å²) in [5, 5.41) is 2.81. The van der Waals surface area contributed by atoms with Crippen molar-refractivity contribution in [1.29, 1.82) is 0 Å². The number of rotatable bonds is 4. The van der Waals surface area contributed by atoms with E-state index < -0.39 is 5.97 Å². The zero-order valence-corrected chi connectivity index (χ0v) is 12.9. The molecule has 0 saturated heterocycles. The van der Waals surface area contributed by atoms with Gasteiger partial charge in [-0.2, -0.15) is 0 Å². The van der Waals surface area contributed by atoms with Crippen LogP contribution in [0.2, 0.25) is 0 Å². The number of esters is 1. The molecule has 6 heteroatoms. The maximum absolute atomic E-state index is 12.2. The number of anilines is 1. The topological polar surface area (TPSA) is 84.1 Å². The molecule has 1 heterocycles. The Bertz CT molecular complexity index is 838. The van der Waals surface area contributed by atoms with Crippen molar-refractivity contribution >= 4 is 17.6 Å². The predicted molar refractivity (Wildman–Crippen MR) is 89.8 cm³/mol. The first-order chi connectivity index (χ1) is 11.7. The molecule has 0 spiro atoms. The number of ether oxygens (including phenoxy) is 1. The molecule has 1 amide bonds. The van der Waals surface area contributed by atoms with Gasteiger partial charge >= 0.3 is 5.97 Å². The van der Waals surface area contributed by atoms with Gasteiger partial charge in [-0.1, -0.05) is 0 Å². The number of aromatic nitrogens is 2. The zero-order chi connectivity index (χ0) is 16.9. The summed E-state index contributed by atoms with van der Waals surface area (Å²) < 4.78 is 4.63. The van der Waals surface area contributed by atoms with E-state index in [0.717, 1.165) is 11.4 Å². The molecule has 0 aliphatic heterocycles. The number of methoxy groups -OCH3 is 1. The van der Waals surface area contributed by atoms with Crippen LogP contribution < -0.4 is 5.32 Å². The summed E-state index contributed by atoms with van der Waals surface area (Å²) in [7, 11) is 1.31. The Hall–Kier alpha value is -3.41. The third kappa shape index (κ3) is 3.33. The molecule has 2 N–H and O–H groups in total. The van der Waals surface area contributed by atoms with Gasteiger partial charge in [0.25, 0.3) is 5.91 Å². The number of amides is 1. The average Bonchev–Trinajstić information content (AvgIpc) is 3.16. The van der Waals surface area contributed by atoms with Gasteiger partial charge in [-0.05, 0) is 48.5 Å². The second-order valence-corrected chi connectivity index (χ2v) is 5.04. The minimum absolute atomic E-state index is 0.253. The molecular formula is C18H15N3O3. The number of nitrogens with zero attached hydrogens (tertiary/aromatic N) is 1. The van der Waals surface area contributed by atoms with Crippen molar-refractivity contribution in [1.82, 2.24) is 9.97 Å². The van der Waals surface area contributed by atoms with Crippen LogP contribution in [0.3, 0.4) is 0 Å². The summed E-state index contributed by atoms with van der Waals surface area (Å²) in [5.74, 6) is 0.0823. The van der Waals surface area contributed by atoms with E-state index in [1.807, 2.05) is 12.1 Å². The van der Waals surface area contributed by atoms with E-state index in [-0.39, 0.29) is 5.91 Å². The van der Waals surface area contributed by atoms with Crippen molar-refractivity contribution in [2.24, 2.45) is 0 Å². The molecule has 3 rings (SSSR count). The van der Waals surface area contributed by atoms with Crippen LogP contribution in [0.15, 0.2) is 60.9 Å². The number of nitrogens with one attached hydrogen (secondary N) is 2. The van der Waals surface area contributed by atoms with Crippen molar-refractivity contribution in [2.45, 2.75) is 0 Å². The highest BCUT2D eigenvalue weighted by Gasteiger charge is 2.09. The lowest BCUT2D eigenvalue weighted by Gasteiger charge is -2.07. The molecule has 3 aromatic rings. The molecular weight excluding hydrogens is 306 g/mol. The Labute approximate surface area is 138 Å². The number of imidazole rings is 1. The molecule has 0 saturated carbocycles. The standard InChI is InChI=1S/C18H15N3O3/c1-24-18(23)14-4-2-13(3-5-14)17(22)21-15-8-6-12(7-9-15)16-19-10-11-20-16/h2-11H,1H3,(H,19,20)(H,21,22). The maximum Gasteiger partial charge on any atom is 0.337 e. The zero-order valence-electron chi connectivity index (χ0n) is 12.9. The van der Waals surface area contributed by atoms with Gasteiger partial charge in [0, 0.05) is 29.2 Å². The molecule has 0 aliphatic carbocycles. The van der Waals surface area contributed by atoms with E-state index in [2.05, 4.69) is 20.0 Å². The summed E-state index contributed by atoms with van der Waals surface area (Å²) in [6, 6.07) is 13.6. The molecule has 0 aliphatic rings. The highest BCUT2D eigenvalue weighted by Crippen LogP contribution is 2.18. The number of carbonyl (C=O) groups is 2. The molecule has 0 bridgehead atoms. The van der Waals surface area contributed by atoms with Gasteiger partial charge in [0.05, 0.1) is 12.7 Å². The largest absolute Gasteiger partial charge is 0.465 e. The Balaban J connectivity index is 1.69. The van der Waals surface area contributed by atoms with Gasteiger partial charge in [0.2, 0.25) is 0 Å². The van der Waals surface area contributed by atoms with Gasteiger partial charge in [-0.15, -0.1) is 0 Å². The van der Waals surface area contributed by atoms with Crippen molar-refractivity contribution in [3.05, 3.63) is 72.1 Å². The normalized spacial score (nSPS) is 10.2. The van der Waals surface area contributed by atoms with Crippen LogP contribution in [-0.4, -0.2) is 29.0 Å². The number of H-pyrrole nitrogens is 1. The van der Waals surface area contributed by atoms with Crippen LogP contribution in [-0.2, 0) is 4.74 Å². The van der Waals surface area contributed by atoms with Gasteiger partial charge in [-0.3, -0.25) is 4.79 Å². The van der Waals surface area contributed by atoms with Crippen molar-refractivity contribution < 1.29 is 14.3 Å². The quantitative estimate of drug-likeness (QED) is 0.723. The first-order valence-electron chi connectivity index (χ1n) is 7.27. The van der Waals surface area contributed by atoms with Crippen LogP contribution in [0.5, 0.6) is 0 Å². The minimum atomic E-state index is -0.435. The van der Waals surface area contributed by atoms with Crippen LogP contribution in [0, 0.1) is 0 Å². The third-order valence-corrected chi connectivity index (χ3v) is 3.48. The van der Waals surface area contributed by atoms with E-state index in [1.54, 1.807) is 48.8 Å². The van der Waals surface area contributed by atoms with E-state index in [4.69, 9.17) is 0 Å². The number of benzene rings is 2. The van der Waals surface area contributed by atoms with Gasteiger partial charge in [0.15, 0.2) is 0 Å². The minimum Gasteiger partial charge on any atom is -0.465 e. The maximum atomic E-state index is 12.2. The van der Waals surface area contributed by atoms with E-state index in [0.29, 0.717) is 16.8 Å². The fraction of sp³-hybridized carbons (Fsp3) is 0.0556. The molecule has 6 nitrogen and oxygen atoms in total. The lowest BCUT2D eigenvalue weighted by atomic mass is 10.1. The predicted octanol–water partition coefficient (Wildman–Crippen LogP) is 3.12.